The number of benzene rings is 3. The fraction of sp³-hybridized carbons (Fsp3) is 0.174. The Kier molecular flexibility index (Phi) is 7.45. The highest BCUT2D eigenvalue weighted by Crippen LogP contribution is 2.17. The van der Waals surface area contributed by atoms with Gasteiger partial charge in [-0.15, -0.1) is 0 Å². The molecule has 0 bridgehead atoms. The summed E-state index contributed by atoms with van der Waals surface area (Å²) in [6.45, 7) is 1.09. The summed E-state index contributed by atoms with van der Waals surface area (Å²) in [5.41, 5.74) is 0.728. The standard InChI is InChI=1S/C23H24N2O4S/c26-23(24-16-7-8-17-29-21-12-3-1-4-13-21)19-10-9-11-20(18-19)25-30(27,28)22-14-5-2-6-15-22/h1-6,9-15,18,25H,7-8,16-17H2,(H,24,26). The van der Waals surface area contributed by atoms with Gasteiger partial charge in [0.05, 0.1) is 11.5 Å². The monoisotopic (exact) mass is 424 g/mol. The number of sulfonamides is 1. The van der Waals surface area contributed by atoms with Crippen LogP contribution in [0.15, 0.2) is 89.8 Å². The third kappa shape index (κ3) is 6.35. The summed E-state index contributed by atoms with van der Waals surface area (Å²) in [7, 11) is -3.70. The molecule has 2 N–H and O–H groups in total. The van der Waals surface area contributed by atoms with E-state index >= 15 is 0 Å². The van der Waals surface area contributed by atoms with Gasteiger partial charge in [-0.05, 0) is 55.3 Å². The predicted molar refractivity (Wildman–Crippen MR) is 117 cm³/mol. The van der Waals surface area contributed by atoms with E-state index in [-0.39, 0.29) is 10.8 Å². The average Bonchev–Trinajstić information content (AvgIpc) is 2.77. The molecule has 3 aromatic carbocycles. The number of anilines is 1. The molecule has 0 heterocycles. The van der Waals surface area contributed by atoms with Gasteiger partial charge in [0.1, 0.15) is 5.75 Å². The van der Waals surface area contributed by atoms with Gasteiger partial charge in [0.15, 0.2) is 0 Å². The van der Waals surface area contributed by atoms with Gasteiger partial charge in [-0.2, -0.15) is 0 Å². The molecular formula is C23H24N2O4S. The van der Waals surface area contributed by atoms with E-state index in [1.54, 1.807) is 36.4 Å². The van der Waals surface area contributed by atoms with Crippen molar-refractivity contribution < 1.29 is 17.9 Å². The van der Waals surface area contributed by atoms with E-state index in [1.165, 1.54) is 18.2 Å². The number of hydrogen-bond donors (Lipinski definition) is 2. The van der Waals surface area contributed by atoms with E-state index < -0.39 is 10.0 Å². The number of amides is 1. The first-order chi connectivity index (χ1) is 14.5. The molecule has 0 aliphatic heterocycles. The average molecular weight is 425 g/mol. The van der Waals surface area contributed by atoms with E-state index in [2.05, 4.69) is 10.0 Å². The first-order valence-electron chi connectivity index (χ1n) is 9.68. The second-order valence-electron chi connectivity index (χ2n) is 6.62. The Morgan fingerprint density at radius 1 is 0.833 bits per heavy atom. The lowest BCUT2D eigenvalue weighted by atomic mass is 10.2. The molecule has 0 spiro atoms. The zero-order valence-electron chi connectivity index (χ0n) is 16.5. The van der Waals surface area contributed by atoms with E-state index in [9.17, 15) is 13.2 Å². The van der Waals surface area contributed by atoms with Crippen molar-refractivity contribution >= 4 is 21.6 Å². The van der Waals surface area contributed by atoms with Gasteiger partial charge in [0.2, 0.25) is 0 Å². The second kappa shape index (κ2) is 10.5. The number of ether oxygens (including phenoxy) is 1. The quantitative estimate of drug-likeness (QED) is 0.481. The highest BCUT2D eigenvalue weighted by Gasteiger charge is 2.14. The van der Waals surface area contributed by atoms with Gasteiger partial charge in [-0.25, -0.2) is 8.42 Å². The van der Waals surface area contributed by atoms with Gasteiger partial charge >= 0.3 is 0 Å². The predicted octanol–water partition coefficient (Wildman–Crippen LogP) is 4.08. The van der Waals surface area contributed by atoms with Crippen molar-refractivity contribution in [2.45, 2.75) is 17.7 Å². The van der Waals surface area contributed by atoms with Crippen molar-refractivity contribution in [2.75, 3.05) is 17.9 Å². The van der Waals surface area contributed by atoms with E-state index in [0.717, 1.165) is 18.6 Å². The summed E-state index contributed by atoms with van der Waals surface area (Å²) in [5.74, 6) is 0.580. The molecule has 0 saturated carbocycles. The summed E-state index contributed by atoms with van der Waals surface area (Å²) in [5, 5.41) is 2.85. The number of carbonyl (C=O) groups excluding carboxylic acids is 1. The van der Waals surface area contributed by atoms with Gasteiger partial charge in [0, 0.05) is 17.8 Å². The topological polar surface area (TPSA) is 84.5 Å². The molecule has 0 radical (unpaired) electrons. The third-order valence-corrected chi connectivity index (χ3v) is 5.70. The summed E-state index contributed by atoms with van der Waals surface area (Å²) in [6, 6.07) is 24.1. The van der Waals surface area contributed by atoms with Crippen LogP contribution >= 0.6 is 0 Å². The van der Waals surface area contributed by atoms with E-state index in [4.69, 9.17) is 4.74 Å². The van der Waals surface area contributed by atoms with Crippen LogP contribution in [0, 0.1) is 0 Å². The Labute approximate surface area is 177 Å². The maximum atomic E-state index is 12.4. The van der Waals surface area contributed by atoms with Crippen LogP contribution in [0.2, 0.25) is 0 Å². The summed E-state index contributed by atoms with van der Waals surface area (Å²) < 4.78 is 33.0. The molecule has 0 unspecified atom stereocenters. The van der Waals surface area contributed by atoms with Crippen LogP contribution in [0.25, 0.3) is 0 Å². The Morgan fingerprint density at radius 2 is 1.53 bits per heavy atom. The fourth-order valence-electron chi connectivity index (χ4n) is 2.78. The second-order valence-corrected chi connectivity index (χ2v) is 8.31. The molecule has 0 fully saturated rings. The van der Waals surface area contributed by atoms with Crippen LogP contribution < -0.4 is 14.8 Å². The molecule has 0 aromatic heterocycles. The fourth-order valence-corrected chi connectivity index (χ4v) is 3.85. The van der Waals surface area contributed by atoms with Crippen LogP contribution in [0.1, 0.15) is 23.2 Å². The largest absolute Gasteiger partial charge is 0.494 e. The van der Waals surface area contributed by atoms with Crippen LogP contribution in [-0.4, -0.2) is 27.5 Å². The first kappa shape index (κ1) is 21.4. The third-order valence-electron chi connectivity index (χ3n) is 4.30. The molecule has 1 amide bonds. The number of nitrogens with one attached hydrogen (secondary N) is 2. The molecule has 3 aromatic rings. The maximum absolute atomic E-state index is 12.4. The molecule has 6 nitrogen and oxygen atoms in total. The highest BCUT2D eigenvalue weighted by atomic mass is 32.2. The van der Waals surface area contributed by atoms with Crippen molar-refractivity contribution in [2.24, 2.45) is 0 Å². The van der Waals surface area contributed by atoms with Gasteiger partial charge in [-0.3, -0.25) is 9.52 Å². The van der Waals surface area contributed by atoms with Crippen LogP contribution in [0.3, 0.4) is 0 Å². The van der Waals surface area contributed by atoms with Crippen LogP contribution in [0.5, 0.6) is 5.75 Å². The first-order valence-corrected chi connectivity index (χ1v) is 11.2. The highest BCUT2D eigenvalue weighted by molar-refractivity contribution is 7.92. The van der Waals surface area contributed by atoms with Crippen molar-refractivity contribution in [3.63, 3.8) is 0 Å². The molecule has 7 heteroatoms. The molecule has 156 valence electrons. The molecule has 3 rings (SSSR count). The SMILES string of the molecule is O=C(NCCCCOc1ccccc1)c1cccc(NS(=O)(=O)c2ccccc2)c1. The number of hydrogen-bond acceptors (Lipinski definition) is 4. The lowest BCUT2D eigenvalue weighted by molar-refractivity contribution is 0.0952. The number of unbranched alkanes of at least 4 members (excludes halogenated alkanes) is 1. The van der Waals surface area contributed by atoms with Crippen molar-refractivity contribution in [1.82, 2.24) is 5.32 Å². The van der Waals surface area contributed by atoms with Gasteiger partial charge in [-0.1, -0.05) is 42.5 Å². The number of rotatable bonds is 10. The Balaban J connectivity index is 1.46. The van der Waals surface area contributed by atoms with Gasteiger partial charge in [0.25, 0.3) is 15.9 Å². The normalized spacial score (nSPS) is 10.9. The minimum atomic E-state index is -3.70. The maximum Gasteiger partial charge on any atom is 0.261 e. The molecule has 0 aliphatic carbocycles. The number of carbonyl (C=O) groups is 1. The zero-order valence-corrected chi connectivity index (χ0v) is 17.3. The number of para-hydroxylation sites is 1. The smallest absolute Gasteiger partial charge is 0.261 e. The molecule has 0 atom stereocenters. The van der Waals surface area contributed by atoms with Crippen molar-refractivity contribution in [3.8, 4) is 5.75 Å². The van der Waals surface area contributed by atoms with Crippen molar-refractivity contribution in [1.29, 1.82) is 0 Å². The lowest BCUT2D eigenvalue weighted by Crippen LogP contribution is -2.25. The summed E-state index contributed by atoms with van der Waals surface area (Å²) in [4.78, 5) is 12.5. The van der Waals surface area contributed by atoms with Gasteiger partial charge < -0.3 is 10.1 Å². The summed E-state index contributed by atoms with van der Waals surface area (Å²) in [6.07, 6.45) is 1.59. The van der Waals surface area contributed by atoms with E-state index in [0.29, 0.717) is 24.4 Å². The Hall–Kier alpha value is -3.32. The Morgan fingerprint density at radius 3 is 2.27 bits per heavy atom. The minimum Gasteiger partial charge on any atom is -0.494 e. The molecule has 0 aliphatic rings. The minimum absolute atomic E-state index is 0.164. The molecule has 0 saturated heterocycles. The molecule has 30 heavy (non-hydrogen) atoms. The van der Waals surface area contributed by atoms with Crippen LogP contribution in [0.4, 0.5) is 5.69 Å². The Bertz CT molecular complexity index is 1050. The van der Waals surface area contributed by atoms with E-state index in [1.807, 2.05) is 30.3 Å². The van der Waals surface area contributed by atoms with Crippen molar-refractivity contribution in [3.05, 3.63) is 90.5 Å². The zero-order chi connectivity index (χ0) is 21.2. The molecular weight excluding hydrogens is 400 g/mol. The lowest BCUT2D eigenvalue weighted by Gasteiger charge is -2.10. The summed E-state index contributed by atoms with van der Waals surface area (Å²) >= 11 is 0. The van der Waals surface area contributed by atoms with Crippen LogP contribution in [-0.2, 0) is 10.0 Å².